The van der Waals surface area contributed by atoms with E-state index in [2.05, 4.69) is 15.1 Å². The quantitative estimate of drug-likeness (QED) is 0.836. The van der Waals surface area contributed by atoms with E-state index in [4.69, 9.17) is 4.74 Å². The van der Waals surface area contributed by atoms with Gasteiger partial charge in [-0.25, -0.2) is 9.97 Å². The number of hydrogen-bond donors (Lipinski definition) is 0. The van der Waals surface area contributed by atoms with Crippen LogP contribution in [0.25, 0.3) is 0 Å². The molecule has 0 spiro atoms. The summed E-state index contributed by atoms with van der Waals surface area (Å²) < 4.78 is 7.45. The summed E-state index contributed by atoms with van der Waals surface area (Å²) >= 11 is 0. The molecule has 3 heterocycles. The number of amides is 1. The summed E-state index contributed by atoms with van der Waals surface area (Å²) in [6.07, 6.45) is 1.47. The van der Waals surface area contributed by atoms with E-state index in [9.17, 15) is 4.79 Å². The fraction of sp³-hybridized carbons (Fsp3) is 0.500. The van der Waals surface area contributed by atoms with Crippen LogP contribution in [0.1, 0.15) is 39.4 Å². The minimum atomic E-state index is -0.289. The molecule has 0 N–H and O–H groups in total. The van der Waals surface area contributed by atoms with Crippen molar-refractivity contribution in [2.45, 2.75) is 26.9 Å². The van der Waals surface area contributed by atoms with E-state index < -0.39 is 0 Å². The van der Waals surface area contributed by atoms with Gasteiger partial charge in [-0.2, -0.15) is 5.10 Å². The topological polar surface area (TPSA) is 73.1 Å². The SMILES string of the molecule is Cc1cc(C)nc(C2CN(C(=O)c3cn(C)nc3C)CCO2)n1. The molecule has 3 rings (SSSR count). The van der Waals surface area contributed by atoms with Crippen molar-refractivity contribution < 1.29 is 9.53 Å². The second-order valence-corrected chi connectivity index (χ2v) is 5.92. The fourth-order valence-electron chi connectivity index (χ4n) is 2.87. The van der Waals surface area contributed by atoms with Gasteiger partial charge in [0.15, 0.2) is 5.82 Å². The Balaban J connectivity index is 1.80. The Labute approximate surface area is 135 Å². The number of ether oxygens (including phenoxy) is 1. The van der Waals surface area contributed by atoms with Gasteiger partial charge in [-0.15, -0.1) is 0 Å². The Morgan fingerprint density at radius 1 is 1.26 bits per heavy atom. The van der Waals surface area contributed by atoms with Crippen molar-refractivity contribution >= 4 is 5.91 Å². The Morgan fingerprint density at radius 3 is 2.57 bits per heavy atom. The summed E-state index contributed by atoms with van der Waals surface area (Å²) in [7, 11) is 1.81. The molecule has 0 saturated carbocycles. The Morgan fingerprint density at radius 2 is 1.96 bits per heavy atom. The zero-order chi connectivity index (χ0) is 16.6. The Bertz CT molecular complexity index is 720. The minimum Gasteiger partial charge on any atom is -0.367 e. The summed E-state index contributed by atoms with van der Waals surface area (Å²) in [6.45, 7) is 7.21. The average molecular weight is 315 g/mol. The first-order valence-corrected chi connectivity index (χ1v) is 7.67. The maximum atomic E-state index is 12.7. The number of hydrogen-bond acceptors (Lipinski definition) is 5. The number of aromatic nitrogens is 4. The lowest BCUT2D eigenvalue weighted by molar-refractivity contribution is -0.0269. The predicted molar refractivity (Wildman–Crippen MR) is 84.0 cm³/mol. The molecular weight excluding hydrogens is 294 g/mol. The van der Waals surface area contributed by atoms with E-state index >= 15 is 0 Å². The molecule has 0 aliphatic carbocycles. The second kappa shape index (κ2) is 6.08. The molecule has 0 aromatic carbocycles. The number of nitrogens with zero attached hydrogens (tertiary/aromatic N) is 5. The van der Waals surface area contributed by atoms with Crippen LogP contribution in [0.2, 0.25) is 0 Å². The number of rotatable bonds is 2. The van der Waals surface area contributed by atoms with Crippen LogP contribution in [0.3, 0.4) is 0 Å². The van der Waals surface area contributed by atoms with Crippen molar-refractivity contribution in [3.05, 3.63) is 40.7 Å². The van der Waals surface area contributed by atoms with Crippen LogP contribution < -0.4 is 0 Å². The lowest BCUT2D eigenvalue weighted by Gasteiger charge is -2.32. The second-order valence-electron chi connectivity index (χ2n) is 5.92. The molecule has 0 radical (unpaired) electrons. The van der Waals surface area contributed by atoms with Crippen molar-refractivity contribution in [3.63, 3.8) is 0 Å². The molecule has 1 aliphatic rings. The van der Waals surface area contributed by atoms with Crippen molar-refractivity contribution in [3.8, 4) is 0 Å². The predicted octanol–water partition coefficient (Wildman–Crippen LogP) is 1.35. The highest BCUT2D eigenvalue weighted by Crippen LogP contribution is 2.22. The third kappa shape index (κ3) is 3.24. The van der Waals surface area contributed by atoms with E-state index in [0.717, 1.165) is 17.1 Å². The van der Waals surface area contributed by atoms with Gasteiger partial charge in [0, 0.05) is 31.2 Å². The van der Waals surface area contributed by atoms with Gasteiger partial charge in [-0.3, -0.25) is 9.48 Å². The average Bonchev–Trinajstić information content (AvgIpc) is 2.84. The van der Waals surface area contributed by atoms with Gasteiger partial charge in [-0.1, -0.05) is 0 Å². The number of aryl methyl sites for hydroxylation is 4. The van der Waals surface area contributed by atoms with Gasteiger partial charge >= 0.3 is 0 Å². The van der Waals surface area contributed by atoms with Gasteiger partial charge in [0.25, 0.3) is 5.91 Å². The third-order valence-corrected chi connectivity index (χ3v) is 3.89. The van der Waals surface area contributed by atoms with Gasteiger partial charge in [0.1, 0.15) is 6.10 Å². The molecule has 2 aromatic heterocycles. The highest BCUT2D eigenvalue weighted by molar-refractivity contribution is 5.95. The standard InChI is InChI=1S/C16H21N5O2/c1-10-7-11(2)18-15(17-10)14-9-21(5-6-23-14)16(22)13-8-20(4)19-12(13)3/h7-8,14H,5-6,9H2,1-4H3. The molecule has 7 heteroatoms. The highest BCUT2D eigenvalue weighted by Gasteiger charge is 2.29. The lowest BCUT2D eigenvalue weighted by atomic mass is 10.2. The first-order valence-electron chi connectivity index (χ1n) is 7.67. The van der Waals surface area contributed by atoms with E-state index in [1.807, 2.05) is 33.9 Å². The zero-order valence-corrected chi connectivity index (χ0v) is 13.9. The molecule has 1 fully saturated rings. The van der Waals surface area contributed by atoms with Crippen molar-refractivity contribution in [1.29, 1.82) is 0 Å². The van der Waals surface area contributed by atoms with Crippen LogP contribution in [-0.2, 0) is 11.8 Å². The first kappa shape index (κ1) is 15.6. The normalized spacial score (nSPS) is 18.3. The van der Waals surface area contributed by atoms with Crippen LogP contribution in [0, 0.1) is 20.8 Å². The highest BCUT2D eigenvalue weighted by atomic mass is 16.5. The number of carbonyl (C=O) groups is 1. The van der Waals surface area contributed by atoms with Crippen molar-refractivity contribution in [2.24, 2.45) is 7.05 Å². The molecule has 1 aliphatic heterocycles. The summed E-state index contributed by atoms with van der Waals surface area (Å²) in [4.78, 5) is 23.4. The summed E-state index contributed by atoms with van der Waals surface area (Å²) in [5, 5.41) is 4.24. The molecule has 122 valence electrons. The van der Waals surface area contributed by atoms with Crippen molar-refractivity contribution in [1.82, 2.24) is 24.6 Å². The number of carbonyl (C=O) groups excluding carboxylic acids is 1. The van der Waals surface area contributed by atoms with Gasteiger partial charge in [-0.05, 0) is 26.8 Å². The molecule has 2 aromatic rings. The Kier molecular flexibility index (Phi) is 4.12. The maximum Gasteiger partial charge on any atom is 0.257 e. The first-order chi connectivity index (χ1) is 10.9. The van der Waals surface area contributed by atoms with Crippen LogP contribution in [0.15, 0.2) is 12.3 Å². The fourth-order valence-corrected chi connectivity index (χ4v) is 2.87. The van der Waals surface area contributed by atoms with E-state index in [1.165, 1.54) is 0 Å². The van der Waals surface area contributed by atoms with Crippen LogP contribution in [-0.4, -0.2) is 50.3 Å². The summed E-state index contributed by atoms with van der Waals surface area (Å²) in [5.74, 6) is 0.621. The molecule has 1 atom stereocenters. The molecule has 23 heavy (non-hydrogen) atoms. The summed E-state index contributed by atoms with van der Waals surface area (Å²) in [6, 6.07) is 1.92. The van der Waals surface area contributed by atoms with Gasteiger partial charge < -0.3 is 9.64 Å². The van der Waals surface area contributed by atoms with Crippen LogP contribution >= 0.6 is 0 Å². The molecule has 0 bridgehead atoms. The molecule has 1 amide bonds. The van der Waals surface area contributed by atoms with Crippen LogP contribution in [0.4, 0.5) is 0 Å². The lowest BCUT2D eigenvalue weighted by Crippen LogP contribution is -2.42. The summed E-state index contributed by atoms with van der Waals surface area (Å²) in [5.41, 5.74) is 3.18. The Hall–Kier alpha value is -2.28. The maximum absolute atomic E-state index is 12.7. The monoisotopic (exact) mass is 315 g/mol. The van der Waals surface area contributed by atoms with Crippen LogP contribution in [0.5, 0.6) is 0 Å². The van der Waals surface area contributed by atoms with E-state index in [-0.39, 0.29) is 12.0 Å². The molecular formula is C16H21N5O2. The smallest absolute Gasteiger partial charge is 0.257 e. The van der Waals surface area contributed by atoms with Gasteiger partial charge in [0.2, 0.25) is 0 Å². The number of morpholine rings is 1. The molecule has 7 nitrogen and oxygen atoms in total. The third-order valence-electron chi connectivity index (χ3n) is 3.89. The zero-order valence-electron chi connectivity index (χ0n) is 13.9. The van der Waals surface area contributed by atoms with Crippen molar-refractivity contribution in [2.75, 3.05) is 19.7 Å². The molecule has 1 unspecified atom stereocenters. The van der Waals surface area contributed by atoms with E-state index in [0.29, 0.717) is 31.1 Å². The van der Waals surface area contributed by atoms with Gasteiger partial charge in [0.05, 0.1) is 24.4 Å². The largest absolute Gasteiger partial charge is 0.367 e. The minimum absolute atomic E-state index is 0.0201. The van der Waals surface area contributed by atoms with E-state index in [1.54, 1.807) is 15.8 Å². The molecule has 1 saturated heterocycles.